The summed E-state index contributed by atoms with van der Waals surface area (Å²) in [6.45, 7) is -0.0818. The van der Waals surface area contributed by atoms with Crippen molar-refractivity contribution >= 4 is 63.5 Å². The van der Waals surface area contributed by atoms with Crippen molar-refractivity contribution in [1.29, 1.82) is 0 Å². The maximum absolute atomic E-state index is 13.2. The maximum atomic E-state index is 13.2. The van der Waals surface area contributed by atoms with Crippen molar-refractivity contribution in [2.75, 3.05) is 19.6 Å². The van der Waals surface area contributed by atoms with Gasteiger partial charge in [-0.3, -0.25) is 19.3 Å². The molecule has 4 rings (SSSR count). The third kappa shape index (κ3) is 7.10. The number of aliphatic carboxylic acids is 1. The first kappa shape index (κ1) is 31.0. The summed E-state index contributed by atoms with van der Waals surface area (Å²) >= 11 is 7.18. The number of piperidine rings is 1. The van der Waals surface area contributed by atoms with Gasteiger partial charge >= 0.3 is 18.3 Å². The number of thiocarbonyl (C=S) groups is 1. The number of halogens is 6. The number of nitrogens with zero attached hydrogens (tertiary/aromatic N) is 2. The highest BCUT2D eigenvalue weighted by Gasteiger charge is 2.38. The van der Waals surface area contributed by atoms with Crippen LogP contribution in [0.1, 0.15) is 28.8 Å². The average molecular weight is 639 g/mol. The Morgan fingerprint density at radius 3 is 2.27 bits per heavy atom. The van der Waals surface area contributed by atoms with Gasteiger partial charge < -0.3 is 15.1 Å². The van der Waals surface area contributed by atoms with E-state index in [1.165, 1.54) is 27.3 Å². The lowest BCUT2D eigenvalue weighted by Crippen LogP contribution is -2.49. The number of carbonyl (C=O) groups excluding carboxylic acids is 2. The van der Waals surface area contributed by atoms with Crippen molar-refractivity contribution in [2.45, 2.75) is 31.3 Å². The van der Waals surface area contributed by atoms with Gasteiger partial charge in [-0.25, -0.2) is 0 Å². The molecule has 2 aromatic rings. The Kier molecular flexibility index (Phi) is 8.87. The number of rotatable bonds is 6. The van der Waals surface area contributed by atoms with Crippen LogP contribution in [0.15, 0.2) is 34.6 Å². The second-order valence-corrected chi connectivity index (χ2v) is 11.9. The molecule has 2 saturated heterocycles. The third-order valence-corrected chi connectivity index (χ3v) is 8.74. The number of carboxylic acid groups (broad SMARTS) is 1. The summed E-state index contributed by atoms with van der Waals surface area (Å²) in [5.41, 5.74) is -3.07. The monoisotopic (exact) mass is 638 g/mol. The van der Waals surface area contributed by atoms with Crippen molar-refractivity contribution in [3.05, 3.63) is 50.6 Å². The molecule has 0 aliphatic carbocycles. The lowest BCUT2D eigenvalue weighted by Gasteiger charge is -2.34. The number of carbonyl (C=O) groups is 3. The fourth-order valence-electron chi connectivity index (χ4n) is 4.30. The zero-order valence-electron chi connectivity index (χ0n) is 20.7. The van der Waals surface area contributed by atoms with Gasteiger partial charge in [0.2, 0.25) is 5.91 Å². The summed E-state index contributed by atoms with van der Waals surface area (Å²) in [5.74, 6) is -3.27. The second kappa shape index (κ2) is 11.7. The molecule has 1 aromatic carbocycles. The SMILES string of the molecule is O=C(O)[C@H]1CN(C(=O)CCN2C(=O)C(=Cc3cc(-c4cc(C(F)(F)F)cc(C(F)(F)F)c4)cs3)SC2=S)CC[C@H]1O. The lowest BCUT2D eigenvalue weighted by atomic mass is 9.94. The summed E-state index contributed by atoms with van der Waals surface area (Å²) in [6.07, 6.45) is -9.67. The van der Waals surface area contributed by atoms with Crippen LogP contribution in [0.3, 0.4) is 0 Å². The molecule has 0 spiro atoms. The Balaban J connectivity index is 1.46. The molecule has 2 aliphatic heterocycles. The van der Waals surface area contributed by atoms with Crippen LogP contribution in [0.25, 0.3) is 17.2 Å². The normalized spacial score (nSPS) is 21.2. The molecule has 2 atom stereocenters. The summed E-state index contributed by atoms with van der Waals surface area (Å²) in [4.78, 5) is 39.9. The van der Waals surface area contributed by atoms with E-state index in [1.807, 2.05) is 0 Å². The Labute approximate surface area is 242 Å². The highest BCUT2D eigenvalue weighted by Crippen LogP contribution is 2.40. The lowest BCUT2D eigenvalue weighted by molar-refractivity contribution is -0.151. The molecule has 3 heterocycles. The molecule has 2 N–H and O–H groups in total. The first-order chi connectivity index (χ1) is 19.0. The number of thiophene rings is 1. The molecule has 7 nitrogen and oxygen atoms in total. The molecule has 220 valence electrons. The molecule has 2 amide bonds. The zero-order chi connectivity index (χ0) is 30.3. The number of aliphatic hydroxyl groups excluding tert-OH is 1. The number of thioether (sulfide) groups is 1. The number of likely N-dealkylation sites (tertiary alicyclic amines) is 1. The fourth-order valence-corrected chi connectivity index (χ4v) is 6.52. The molecule has 0 radical (unpaired) electrons. The number of alkyl halides is 6. The smallest absolute Gasteiger partial charge is 0.416 e. The van der Waals surface area contributed by atoms with E-state index in [0.717, 1.165) is 23.1 Å². The van der Waals surface area contributed by atoms with Gasteiger partial charge in [0.1, 0.15) is 10.2 Å². The van der Waals surface area contributed by atoms with Gasteiger partial charge in [0, 0.05) is 30.9 Å². The molecule has 0 unspecified atom stereocenters. The van der Waals surface area contributed by atoms with Crippen molar-refractivity contribution in [2.24, 2.45) is 5.92 Å². The highest BCUT2D eigenvalue weighted by molar-refractivity contribution is 8.26. The van der Waals surface area contributed by atoms with Gasteiger partial charge in [-0.15, -0.1) is 11.3 Å². The van der Waals surface area contributed by atoms with Crippen LogP contribution in [0.5, 0.6) is 0 Å². The third-order valence-electron chi connectivity index (χ3n) is 6.48. The standard InChI is InChI=1S/C25H20F6N2O5S3/c26-24(27,28)14-5-12(6-15(8-14)25(29,30)31)13-7-16(40-11-13)9-19-21(36)33(23(39)41-19)4-2-20(35)32-3-1-18(34)17(10-32)22(37)38/h5-9,11,17-18,34H,1-4,10H2,(H,37,38)/t17-,18+/m0/s1. The quantitative estimate of drug-likeness (QED) is 0.251. The Morgan fingerprint density at radius 2 is 1.68 bits per heavy atom. The van der Waals surface area contributed by atoms with Crippen molar-refractivity contribution < 1.29 is 50.9 Å². The predicted molar refractivity (Wildman–Crippen MR) is 143 cm³/mol. The number of benzene rings is 1. The van der Waals surface area contributed by atoms with Crippen LogP contribution in [0.4, 0.5) is 26.3 Å². The molecule has 0 bridgehead atoms. The Bertz CT molecular complexity index is 1390. The molecule has 1 aromatic heterocycles. The van der Waals surface area contributed by atoms with Gasteiger partial charge in [-0.1, -0.05) is 24.0 Å². The minimum atomic E-state index is -4.99. The number of amides is 2. The van der Waals surface area contributed by atoms with Crippen LogP contribution in [-0.4, -0.2) is 67.9 Å². The summed E-state index contributed by atoms with van der Waals surface area (Å²) in [5, 5.41) is 20.4. The topological polar surface area (TPSA) is 98.2 Å². The van der Waals surface area contributed by atoms with E-state index >= 15 is 0 Å². The molecule has 41 heavy (non-hydrogen) atoms. The fraction of sp³-hybridized carbons (Fsp3) is 0.360. The Hall–Kier alpha value is -2.95. The van der Waals surface area contributed by atoms with Gasteiger partial charge in [-0.2, -0.15) is 26.3 Å². The van der Waals surface area contributed by atoms with Crippen LogP contribution >= 0.6 is 35.3 Å². The molecule has 16 heteroatoms. The number of carboxylic acids is 1. The highest BCUT2D eigenvalue weighted by atomic mass is 32.2. The average Bonchev–Trinajstić information content (AvgIpc) is 3.45. The second-order valence-electron chi connectivity index (χ2n) is 9.26. The van der Waals surface area contributed by atoms with Gasteiger partial charge in [0.15, 0.2) is 0 Å². The zero-order valence-corrected chi connectivity index (χ0v) is 23.1. The van der Waals surface area contributed by atoms with Crippen molar-refractivity contribution in [3.8, 4) is 11.1 Å². The van der Waals surface area contributed by atoms with E-state index in [1.54, 1.807) is 0 Å². The minimum absolute atomic E-state index is 0.0476. The molecular formula is C25H20F6N2O5S3. The number of hydrogen-bond donors (Lipinski definition) is 2. The Morgan fingerprint density at radius 1 is 1.05 bits per heavy atom. The van der Waals surface area contributed by atoms with Crippen LogP contribution in [0, 0.1) is 5.92 Å². The van der Waals surface area contributed by atoms with E-state index in [0.29, 0.717) is 17.0 Å². The van der Waals surface area contributed by atoms with E-state index in [-0.39, 0.29) is 58.9 Å². The first-order valence-corrected chi connectivity index (χ1v) is 14.0. The molecule has 0 saturated carbocycles. The van der Waals surface area contributed by atoms with Gasteiger partial charge in [0.25, 0.3) is 5.91 Å². The number of hydrogen-bond acceptors (Lipinski definition) is 7. The molecule has 2 fully saturated rings. The number of aliphatic hydroxyl groups is 1. The summed E-state index contributed by atoms with van der Waals surface area (Å²) in [6, 6.07) is 2.66. The largest absolute Gasteiger partial charge is 0.481 e. The first-order valence-electron chi connectivity index (χ1n) is 11.9. The summed E-state index contributed by atoms with van der Waals surface area (Å²) < 4.78 is 79.6. The molecule has 2 aliphatic rings. The van der Waals surface area contributed by atoms with Gasteiger partial charge in [0.05, 0.1) is 22.1 Å². The minimum Gasteiger partial charge on any atom is -0.481 e. The van der Waals surface area contributed by atoms with Crippen LogP contribution in [0.2, 0.25) is 0 Å². The van der Waals surface area contributed by atoms with E-state index in [2.05, 4.69) is 0 Å². The van der Waals surface area contributed by atoms with E-state index < -0.39 is 53.3 Å². The summed E-state index contributed by atoms with van der Waals surface area (Å²) in [7, 11) is 0. The van der Waals surface area contributed by atoms with Crippen molar-refractivity contribution in [1.82, 2.24) is 9.80 Å². The van der Waals surface area contributed by atoms with Gasteiger partial charge in [-0.05, 0) is 53.3 Å². The van der Waals surface area contributed by atoms with Crippen molar-refractivity contribution in [3.63, 3.8) is 0 Å². The van der Waals surface area contributed by atoms with E-state index in [4.69, 9.17) is 12.2 Å². The van der Waals surface area contributed by atoms with E-state index in [9.17, 15) is 50.9 Å². The molecular weight excluding hydrogens is 618 g/mol. The van der Waals surface area contributed by atoms with Crippen LogP contribution in [-0.2, 0) is 26.7 Å². The maximum Gasteiger partial charge on any atom is 0.416 e. The predicted octanol–water partition coefficient (Wildman–Crippen LogP) is 5.34. The van der Waals surface area contributed by atoms with Crippen LogP contribution < -0.4 is 0 Å².